The first-order valence-corrected chi connectivity index (χ1v) is 9.62. The Morgan fingerprint density at radius 3 is 2.70 bits per heavy atom. The lowest BCUT2D eigenvalue weighted by atomic mass is 9.89. The van der Waals surface area contributed by atoms with Gasteiger partial charge in [-0.05, 0) is 29.8 Å². The number of rotatable bonds is 7. The van der Waals surface area contributed by atoms with E-state index in [2.05, 4.69) is 33.5 Å². The van der Waals surface area contributed by atoms with Gasteiger partial charge in [-0.25, -0.2) is 4.98 Å². The highest BCUT2D eigenvalue weighted by Crippen LogP contribution is 2.40. The van der Waals surface area contributed by atoms with Crippen molar-refractivity contribution in [3.05, 3.63) is 83.7 Å². The van der Waals surface area contributed by atoms with Crippen molar-refractivity contribution < 1.29 is 9.47 Å². The van der Waals surface area contributed by atoms with Gasteiger partial charge in [0.15, 0.2) is 11.5 Å². The number of hydrogen-bond donors (Lipinski definition) is 2. The fourth-order valence-corrected chi connectivity index (χ4v) is 3.79. The highest BCUT2D eigenvalue weighted by atomic mass is 16.5. The van der Waals surface area contributed by atoms with Gasteiger partial charge in [0.05, 0.1) is 19.8 Å². The molecule has 2 N–H and O–H groups in total. The van der Waals surface area contributed by atoms with E-state index in [4.69, 9.17) is 9.47 Å². The Bertz CT molecular complexity index is 1210. The molecular formula is C24H22N4O2. The molecule has 6 heteroatoms. The fourth-order valence-electron chi connectivity index (χ4n) is 3.79. The lowest BCUT2D eigenvalue weighted by molar-refractivity contribution is 0.350. The van der Waals surface area contributed by atoms with E-state index in [0.717, 1.165) is 22.0 Å². The first kappa shape index (κ1) is 19.3. The Labute approximate surface area is 175 Å². The summed E-state index contributed by atoms with van der Waals surface area (Å²) in [5.74, 6) is 1.86. The standard InChI is InChI=1S/C24H22N4O2/c1-29-22-11-5-9-18(23(22)30-2)20(15-28-24-16(13-25)7-6-12-26-24)19-14-27-21-10-4-3-8-17(19)21/h3-12,14,20,27H,15H2,1-2H3,(H,26,28)/t20-/m0/s1. The van der Waals surface area contributed by atoms with Crippen molar-refractivity contribution in [2.75, 3.05) is 26.1 Å². The summed E-state index contributed by atoms with van der Waals surface area (Å²) in [6, 6.07) is 19.8. The molecule has 0 fully saturated rings. The van der Waals surface area contributed by atoms with Crippen LogP contribution in [0, 0.1) is 11.3 Å². The van der Waals surface area contributed by atoms with Crippen LogP contribution in [0.2, 0.25) is 0 Å². The first-order chi connectivity index (χ1) is 14.8. The minimum Gasteiger partial charge on any atom is -0.493 e. The van der Waals surface area contributed by atoms with Gasteiger partial charge < -0.3 is 19.8 Å². The van der Waals surface area contributed by atoms with E-state index in [-0.39, 0.29) is 5.92 Å². The number of methoxy groups -OCH3 is 2. The molecule has 0 amide bonds. The molecule has 1 atom stereocenters. The van der Waals surface area contributed by atoms with E-state index in [0.29, 0.717) is 29.4 Å². The van der Waals surface area contributed by atoms with Crippen molar-refractivity contribution in [2.45, 2.75) is 5.92 Å². The largest absolute Gasteiger partial charge is 0.493 e. The number of fused-ring (bicyclic) bond motifs is 1. The van der Waals surface area contributed by atoms with Crippen LogP contribution in [0.25, 0.3) is 10.9 Å². The number of H-pyrrole nitrogens is 1. The molecule has 0 aliphatic carbocycles. The lowest BCUT2D eigenvalue weighted by Gasteiger charge is -2.22. The normalized spacial score (nSPS) is 11.6. The van der Waals surface area contributed by atoms with Gasteiger partial charge in [0.2, 0.25) is 0 Å². The van der Waals surface area contributed by atoms with Crippen LogP contribution in [-0.2, 0) is 0 Å². The first-order valence-electron chi connectivity index (χ1n) is 9.62. The Morgan fingerprint density at radius 1 is 1.03 bits per heavy atom. The monoisotopic (exact) mass is 398 g/mol. The number of nitrogens with zero attached hydrogens (tertiary/aromatic N) is 2. The number of para-hydroxylation sites is 2. The topological polar surface area (TPSA) is 83.0 Å². The average Bonchev–Trinajstić information content (AvgIpc) is 3.23. The van der Waals surface area contributed by atoms with E-state index < -0.39 is 0 Å². The Kier molecular flexibility index (Phi) is 5.53. The van der Waals surface area contributed by atoms with E-state index in [1.807, 2.05) is 36.5 Å². The quantitative estimate of drug-likeness (QED) is 0.472. The second-order valence-electron chi connectivity index (χ2n) is 6.82. The smallest absolute Gasteiger partial charge is 0.164 e. The third kappa shape index (κ3) is 3.53. The molecule has 150 valence electrons. The summed E-state index contributed by atoms with van der Waals surface area (Å²) in [6.45, 7) is 0.525. The molecule has 0 saturated heterocycles. The van der Waals surface area contributed by atoms with Gasteiger partial charge in [0.1, 0.15) is 11.9 Å². The Morgan fingerprint density at radius 2 is 1.90 bits per heavy atom. The van der Waals surface area contributed by atoms with Crippen LogP contribution in [0.4, 0.5) is 5.82 Å². The molecule has 2 aromatic carbocycles. The molecule has 6 nitrogen and oxygen atoms in total. The maximum atomic E-state index is 9.40. The summed E-state index contributed by atoms with van der Waals surface area (Å²) < 4.78 is 11.2. The van der Waals surface area contributed by atoms with Gasteiger partial charge in [-0.2, -0.15) is 5.26 Å². The highest BCUT2D eigenvalue weighted by Gasteiger charge is 2.24. The van der Waals surface area contributed by atoms with Gasteiger partial charge in [-0.3, -0.25) is 0 Å². The summed E-state index contributed by atoms with van der Waals surface area (Å²) in [5.41, 5.74) is 3.69. The number of nitriles is 1. The van der Waals surface area contributed by atoms with Crippen LogP contribution >= 0.6 is 0 Å². The van der Waals surface area contributed by atoms with Crippen LogP contribution in [0.5, 0.6) is 11.5 Å². The lowest BCUT2D eigenvalue weighted by Crippen LogP contribution is -2.16. The molecule has 0 unspecified atom stereocenters. The van der Waals surface area contributed by atoms with Gasteiger partial charge in [-0.15, -0.1) is 0 Å². The number of pyridine rings is 1. The van der Waals surface area contributed by atoms with Crippen LogP contribution in [-0.4, -0.2) is 30.7 Å². The summed E-state index contributed by atoms with van der Waals surface area (Å²) in [7, 11) is 3.28. The minimum absolute atomic E-state index is 0.0697. The van der Waals surface area contributed by atoms with Crippen molar-refractivity contribution in [3.8, 4) is 17.6 Å². The van der Waals surface area contributed by atoms with Gasteiger partial charge in [0.25, 0.3) is 0 Å². The zero-order chi connectivity index (χ0) is 20.9. The molecule has 0 bridgehead atoms. The fraction of sp³-hybridized carbons (Fsp3) is 0.167. The van der Waals surface area contributed by atoms with Crippen molar-refractivity contribution in [1.29, 1.82) is 5.26 Å². The molecule has 0 radical (unpaired) electrons. The van der Waals surface area contributed by atoms with Crippen molar-refractivity contribution in [1.82, 2.24) is 9.97 Å². The SMILES string of the molecule is COc1cccc([C@H](CNc2ncccc2C#N)c2c[nH]c3ccccc23)c1OC. The molecule has 0 saturated carbocycles. The number of ether oxygens (including phenoxy) is 2. The maximum absolute atomic E-state index is 9.40. The van der Waals surface area contributed by atoms with Crippen LogP contribution in [0.3, 0.4) is 0 Å². The summed E-state index contributed by atoms with van der Waals surface area (Å²) in [5, 5.41) is 13.9. The van der Waals surface area contributed by atoms with Crippen LogP contribution < -0.4 is 14.8 Å². The predicted molar refractivity (Wildman–Crippen MR) is 117 cm³/mol. The summed E-state index contributed by atoms with van der Waals surface area (Å²) in [6.07, 6.45) is 3.70. The number of benzene rings is 2. The number of nitrogens with one attached hydrogen (secondary N) is 2. The zero-order valence-electron chi connectivity index (χ0n) is 16.8. The number of aromatic nitrogens is 2. The summed E-state index contributed by atoms with van der Waals surface area (Å²) in [4.78, 5) is 7.70. The third-order valence-corrected chi connectivity index (χ3v) is 5.21. The minimum atomic E-state index is -0.0697. The van der Waals surface area contributed by atoms with Crippen LogP contribution in [0.1, 0.15) is 22.6 Å². The average molecular weight is 398 g/mol. The Hall–Kier alpha value is -3.98. The van der Waals surface area contributed by atoms with Crippen molar-refractivity contribution in [2.24, 2.45) is 0 Å². The number of anilines is 1. The van der Waals surface area contributed by atoms with Gasteiger partial charge >= 0.3 is 0 Å². The predicted octanol–water partition coefficient (Wildman–Crippen LogP) is 4.70. The van der Waals surface area contributed by atoms with Crippen molar-refractivity contribution >= 4 is 16.7 Å². The molecule has 30 heavy (non-hydrogen) atoms. The zero-order valence-corrected chi connectivity index (χ0v) is 16.8. The van der Waals surface area contributed by atoms with Crippen molar-refractivity contribution in [3.63, 3.8) is 0 Å². The van der Waals surface area contributed by atoms with E-state index in [9.17, 15) is 5.26 Å². The molecule has 0 spiro atoms. The van der Waals surface area contributed by atoms with Gasteiger partial charge in [0, 0.05) is 41.3 Å². The van der Waals surface area contributed by atoms with Gasteiger partial charge in [-0.1, -0.05) is 30.3 Å². The van der Waals surface area contributed by atoms with E-state index >= 15 is 0 Å². The molecule has 4 rings (SSSR count). The molecule has 2 heterocycles. The molecule has 0 aliphatic rings. The molecular weight excluding hydrogens is 376 g/mol. The molecule has 2 aromatic heterocycles. The third-order valence-electron chi connectivity index (χ3n) is 5.21. The highest BCUT2D eigenvalue weighted by molar-refractivity contribution is 5.84. The van der Waals surface area contributed by atoms with Crippen LogP contribution in [0.15, 0.2) is 67.0 Å². The Balaban J connectivity index is 1.81. The molecule has 0 aliphatic heterocycles. The maximum Gasteiger partial charge on any atom is 0.164 e. The molecule has 4 aromatic rings. The second kappa shape index (κ2) is 8.58. The summed E-state index contributed by atoms with van der Waals surface area (Å²) >= 11 is 0. The second-order valence-corrected chi connectivity index (χ2v) is 6.82. The van der Waals surface area contributed by atoms with E-state index in [1.54, 1.807) is 32.5 Å². The van der Waals surface area contributed by atoms with E-state index in [1.165, 1.54) is 0 Å². The number of aromatic amines is 1. The number of hydrogen-bond acceptors (Lipinski definition) is 5.